The fraction of sp³-hybridized carbons (Fsp3) is 0.118. The molecule has 0 amide bonds. The summed E-state index contributed by atoms with van der Waals surface area (Å²) in [6.07, 6.45) is 0. The number of nitrogens with one attached hydrogen (secondary N) is 1. The molecule has 0 saturated heterocycles. The number of ether oxygens (including phenoxy) is 2. The van der Waals surface area contributed by atoms with Gasteiger partial charge in [-0.15, -0.1) is 0 Å². The average Bonchev–Trinajstić information content (AvgIpc) is 2.66. The average molecular weight is 393 g/mol. The van der Waals surface area contributed by atoms with Crippen LogP contribution in [0.15, 0.2) is 47.4 Å². The van der Waals surface area contributed by atoms with E-state index < -0.39 is 32.8 Å². The lowest BCUT2D eigenvalue weighted by atomic mass is 10.1. The predicted octanol–water partition coefficient (Wildman–Crippen LogP) is 1.76. The van der Waals surface area contributed by atoms with E-state index in [0.29, 0.717) is 0 Å². The number of esters is 2. The molecule has 0 atom stereocenters. The van der Waals surface area contributed by atoms with Gasteiger partial charge in [-0.25, -0.2) is 22.8 Å². The number of benzene rings is 2. The summed E-state index contributed by atoms with van der Waals surface area (Å²) >= 11 is 0. The summed E-state index contributed by atoms with van der Waals surface area (Å²) in [6, 6.07) is 8.42. The standard InChI is InChI=1S/C17H15NO8S/c1-25-16(21)11-6-7-13(17(22)26-2)14(9-11)27(23,24)18-12-5-3-4-10(8-12)15(19)20/h3-9,18H,1-2H3,(H,19,20). The second kappa shape index (κ2) is 7.87. The third-order valence-electron chi connectivity index (χ3n) is 3.46. The van der Waals surface area contributed by atoms with Crippen molar-refractivity contribution in [1.82, 2.24) is 0 Å². The first-order valence-electron chi connectivity index (χ1n) is 7.36. The van der Waals surface area contributed by atoms with Gasteiger partial charge in [0.25, 0.3) is 10.0 Å². The fourth-order valence-corrected chi connectivity index (χ4v) is 3.46. The summed E-state index contributed by atoms with van der Waals surface area (Å²) in [5, 5.41) is 9.01. The molecule has 0 unspecified atom stereocenters. The van der Waals surface area contributed by atoms with Crippen molar-refractivity contribution < 1.29 is 37.4 Å². The highest BCUT2D eigenvalue weighted by atomic mass is 32.2. The minimum atomic E-state index is -4.36. The number of anilines is 1. The number of hydrogen-bond acceptors (Lipinski definition) is 7. The maximum absolute atomic E-state index is 12.8. The smallest absolute Gasteiger partial charge is 0.339 e. The molecule has 2 N–H and O–H groups in total. The van der Waals surface area contributed by atoms with Crippen LogP contribution < -0.4 is 4.72 Å². The first kappa shape index (κ1) is 19.9. The Balaban J connectivity index is 2.55. The van der Waals surface area contributed by atoms with E-state index in [1.807, 2.05) is 0 Å². The van der Waals surface area contributed by atoms with Gasteiger partial charge in [0.05, 0.1) is 30.9 Å². The Bertz CT molecular complexity index is 1010. The second-order valence-corrected chi connectivity index (χ2v) is 6.84. The van der Waals surface area contributed by atoms with Crippen LogP contribution in [0.3, 0.4) is 0 Å². The van der Waals surface area contributed by atoms with Gasteiger partial charge in [0.2, 0.25) is 0 Å². The molecule has 9 nitrogen and oxygen atoms in total. The fourth-order valence-electron chi connectivity index (χ4n) is 2.19. The van der Waals surface area contributed by atoms with E-state index in [-0.39, 0.29) is 22.4 Å². The number of sulfonamides is 1. The van der Waals surface area contributed by atoms with E-state index >= 15 is 0 Å². The molecule has 27 heavy (non-hydrogen) atoms. The summed E-state index contributed by atoms with van der Waals surface area (Å²) in [7, 11) is -2.15. The van der Waals surface area contributed by atoms with E-state index in [1.54, 1.807) is 0 Å². The van der Waals surface area contributed by atoms with E-state index in [1.165, 1.54) is 24.3 Å². The highest BCUT2D eigenvalue weighted by Crippen LogP contribution is 2.23. The van der Waals surface area contributed by atoms with E-state index in [9.17, 15) is 22.8 Å². The van der Waals surface area contributed by atoms with Crippen LogP contribution in [0.25, 0.3) is 0 Å². The van der Waals surface area contributed by atoms with Gasteiger partial charge < -0.3 is 14.6 Å². The first-order valence-corrected chi connectivity index (χ1v) is 8.84. The summed E-state index contributed by atoms with van der Waals surface area (Å²) in [5.41, 5.74) is -0.558. The number of carboxylic acid groups (broad SMARTS) is 1. The van der Waals surface area contributed by atoms with Crippen molar-refractivity contribution in [3.8, 4) is 0 Å². The van der Waals surface area contributed by atoms with Crippen molar-refractivity contribution in [2.24, 2.45) is 0 Å². The molecule has 0 bridgehead atoms. The number of rotatable bonds is 6. The highest BCUT2D eigenvalue weighted by molar-refractivity contribution is 7.92. The molecular weight excluding hydrogens is 378 g/mol. The minimum Gasteiger partial charge on any atom is -0.478 e. The Morgan fingerprint density at radius 1 is 0.926 bits per heavy atom. The Morgan fingerprint density at radius 3 is 2.19 bits per heavy atom. The molecule has 0 heterocycles. The normalized spacial score (nSPS) is 10.7. The van der Waals surface area contributed by atoms with Gasteiger partial charge in [0.15, 0.2) is 0 Å². The molecule has 2 rings (SSSR count). The number of carbonyl (C=O) groups is 3. The van der Waals surface area contributed by atoms with Gasteiger partial charge >= 0.3 is 17.9 Å². The lowest BCUT2D eigenvalue weighted by Gasteiger charge is -2.13. The zero-order chi connectivity index (χ0) is 20.2. The van der Waals surface area contributed by atoms with Gasteiger partial charge in [-0.2, -0.15) is 0 Å². The number of methoxy groups -OCH3 is 2. The molecule has 0 radical (unpaired) electrons. The van der Waals surface area contributed by atoms with Crippen LogP contribution in [0, 0.1) is 0 Å². The third kappa shape index (κ3) is 4.42. The van der Waals surface area contributed by atoms with E-state index in [0.717, 1.165) is 32.4 Å². The van der Waals surface area contributed by atoms with E-state index in [2.05, 4.69) is 14.2 Å². The molecule has 2 aromatic carbocycles. The molecule has 142 valence electrons. The van der Waals surface area contributed by atoms with Crippen LogP contribution in [-0.4, -0.2) is 45.7 Å². The lowest BCUT2D eigenvalue weighted by Crippen LogP contribution is -2.19. The van der Waals surface area contributed by atoms with Crippen LogP contribution in [0.4, 0.5) is 5.69 Å². The number of carbonyl (C=O) groups excluding carboxylic acids is 2. The van der Waals surface area contributed by atoms with Gasteiger partial charge in [0, 0.05) is 5.69 Å². The lowest BCUT2D eigenvalue weighted by molar-refractivity contribution is 0.0583. The molecule has 0 spiro atoms. The van der Waals surface area contributed by atoms with Gasteiger partial charge in [-0.05, 0) is 36.4 Å². The SMILES string of the molecule is COC(=O)c1ccc(C(=O)OC)c(S(=O)(=O)Nc2cccc(C(=O)O)c2)c1. The van der Waals surface area contributed by atoms with Gasteiger partial charge in [0.1, 0.15) is 4.90 Å². The molecule has 0 aliphatic heterocycles. The van der Waals surface area contributed by atoms with Crippen LogP contribution >= 0.6 is 0 Å². The van der Waals surface area contributed by atoms with E-state index in [4.69, 9.17) is 5.11 Å². The molecule has 0 aliphatic carbocycles. The Labute approximate surface area is 154 Å². The van der Waals surface area contributed by atoms with Crippen LogP contribution in [0.5, 0.6) is 0 Å². The highest BCUT2D eigenvalue weighted by Gasteiger charge is 2.25. The van der Waals surface area contributed by atoms with Crippen molar-refractivity contribution in [2.45, 2.75) is 4.90 Å². The summed E-state index contributed by atoms with van der Waals surface area (Å²) in [4.78, 5) is 34.1. The van der Waals surface area contributed by atoms with Gasteiger partial charge in [-0.1, -0.05) is 6.07 Å². The predicted molar refractivity (Wildman–Crippen MR) is 93.3 cm³/mol. The largest absolute Gasteiger partial charge is 0.478 e. The molecule has 0 aromatic heterocycles. The topological polar surface area (TPSA) is 136 Å². The van der Waals surface area contributed by atoms with Gasteiger partial charge in [-0.3, -0.25) is 4.72 Å². The maximum atomic E-state index is 12.8. The molecule has 0 aliphatic rings. The first-order chi connectivity index (χ1) is 12.7. The van der Waals surface area contributed by atoms with Crippen molar-refractivity contribution in [3.63, 3.8) is 0 Å². The van der Waals surface area contributed by atoms with Crippen molar-refractivity contribution >= 4 is 33.6 Å². The molecule has 2 aromatic rings. The third-order valence-corrected chi connectivity index (χ3v) is 4.88. The van der Waals surface area contributed by atoms with Crippen LogP contribution in [0.2, 0.25) is 0 Å². The molecule has 0 saturated carbocycles. The molecule has 0 fully saturated rings. The Hall–Kier alpha value is -3.40. The zero-order valence-corrected chi connectivity index (χ0v) is 15.1. The summed E-state index contributed by atoms with van der Waals surface area (Å²) in [5.74, 6) is -2.96. The van der Waals surface area contributed by atoms with Crippen LogP contribution in [-0.2, 0) is 19.5 Å². The summed E-state index contributed by atoms with van der Waals surface area (Å²) < 4.78 is 36.8. The monoisotopic (exact) mass is 393 g/mol. The Kier molecular flexibility index (Phi) is 5.81. The second-order valence-electron chi connectivity index (χ2n) is 5.19. The Morgan fingerprint density at radius 2 is 1.59 bits per heavy atom. The quantitative estimate of drug-likeness (QED) is 0.709. The van der Waals surface area contributed by atoms with Crippen molar-refractivity contribution in [3.05, 3.63) is 59.2 Å². The van der Waals surface area contributed by atoms with Crippen LogP contribution in [0.1, 0.15) is 31.1 Å². The number of aromatic carboxylic acids is 1. The molecular formula is C17H15NO8S. The van der Waals surface area contributed by atoms with Crippen molar-refractivity contribution in [1.29, 1.82) is 0 Å². The molecule has 10 heteroatoms. The minimum absolute atomic E-state index is 0.0332. The maximum Gasteiger partial charge on any atom is 0.339 e. The number of hydrogen-bond donors (Lipinski definition) is 2. The van der Waals surface area contributed by atoms with Crippen molar-refractivity contribution in [2.75, 3.05) is 18.9 Å². The zero-order valence-electron chi connectivity index (χ0n) is 14.3. The number of carboxylic acids is 1. The summed E-state index contributed by atoms with van der Waals surface area (Å²) in [6.45, 7) is 0.